The van der Waals surface area contributed by atoms with Crippen LogP contribution in [0.5, 0.6) is 5.75 Å². The van der Waals surface area contributed by atoms with Crippen molar-refractivity contribution in [3.05, 3.63) is 36.8 Å². The molecular weight excluding hydrogens is 184 g/mol. The molecule has 0 bridgehead atoms. The first kappa shape index (κ1) is 12.1. The summed E-state index contributed by atoms with van der Waals surface area (Å²) in [6, 6.07) is 8.33. The summed E-state index contributed by atoms with van der Waals surface area (Å²) >= 11 is 0. The second kappa shape index (κ2) is 5.79. The molecule has 0 N–H and O–H groups in total. The van der Waals surface area contributed by atoms with E-state index in [1.165, 1.54) is 5.56 Å². The van der Waals surface area contributed by atoms with E-state index >= 15 is 0 Å². The second-order valence-corrected chi connectivity index (χ2v) is 4.47. The molecule has 1 aromatic rings. The lowest BCUT2D eigenvalue weighted by Crippen LogP contribution is -2.04. The van der Waals surface area contributed by atoms with E-state index in [0.717, 1.165) is 18.8 Å². The van der Waals surface area contributed by atoms with E-state index in [0.29, 0.717) is 11.8 Å². The van der Waals surface area contributed by atoms with Gasteiger partial charge in [0.2, 0.25) is 0 Å². The van der Waals surface area contributed by atoms with Crippen molar-refractivity contribution in [3.63, 3.8) is 0 Å². The first-order chi connectivity index (χ1) is 7.13. The Kier molecular flexibility index (Phi) is 4.67. The van der Waals surface area contributed by atoms with Crippen LogP contribution in [0.2, 0.25) is 0 Å². The maximum atomic E-state index is 5.68. The SMILES string of the molecule is [CH2]CC(C)c1cccc(OCC(C)C)c1. The highest BCUT2D eigenvalue weighted by Crippen LogP contribution is 2.22. The van der Waals surface area contributed by atoms with Crippen LogP contribution in [0.3, 0.4) is 0 Å². The molecule has 0 saturated carbocycles. The maximum Gasteiger partial charge on any atom is 0.119 e. The van der Waals surface area contributed by atoms with Gasteiger partial charge in [-0.2, -0.15) is 0 Å². The van der Waals surface area contributed by atoms with Crippen molar-refractivity contribution in [1.29, 1.82) is 0 Å². The topological polar surface area (TPSA) is 9.23 Å². The molecule has 1 radical (unpaired) electrons. The minimum Gasteiger partial charge on any atom is -0.493 e. The summed E-state index contributed by atoms with van der Waals surface area (Å²) in [6.07, 6.45) is 0.924. The molecule has 15 heavy (non-hydrogen) atoms. The summed E-state index contributed by atoms with van der Waals surface area (Å²) in [6.45, 7) is 11.2. The molecule has 0 aliphatic carbocycles. The molecule has 0 aliphatic rings. The van der Waals surface area contributed by atoms with Gasteiger partial charge >= 0.3 is 0 Å². The average Bonchev–Trinajstić information content (AvgIpc) is 2.25. The molecule has 0 aromatic heterocycles. The molecule has 83 valence electrons. The molecule has 1 atom stereocenters. The van der Waals surface area contributed by atoms with Gasteiger partial charge in [0.15, 0.2) is 0 Å². The van der Waals surface area contributed by atoms with Crippen LogP contribution in [0.15, 0.2) is 24.3 Å². The average molecular weight is 205 g/mol. The Bertz CT molecular complexity index is 291. The van der Waals surface area contributed by atoms with Crippen molar-refractivity contribution in [1.82, 2.24) is 0 Å². The minimum atomic E-state index is 0.507. The van der Waals surface area contributed by atoms with Crippen molar-refractivity contribution in [2.75, 3.05) is 6.61 Å². The minimum absolute atomic E-state index is 0.507. The van der Waals surface area contributed by atoms with Gasteiger partial charge in [-0.25, -0.2) is 0 Å². The van der Waals surface area contributed by atoms with Crippen molar-refractivity contribution in [3.8, 4) is 5.75 Å². The molecular formula is C14H21O. The summed E-state index contributed by atoms with van der Waals surface area (Å²) < 4.78 is 5.68. The Labute approximate surface area is 93.5 Å². The highest BCUT2D eigenvalue weighted by Gasteiger charge is 2.04. The first-order valence-corrected chi connectivity index (χ1v) is 5.65. The fourth-order valence-electron chi connectivity index (χ4n) is 1.34. The number of rotatable bonds is 5. The van der Waals surface area contributed by atoms with Crippen LogP contribution in [0.25, 0.3) is 0 Å². The zero-order valence-corrected chi connectivity index (χ0v) is 9.99. The summed E-state index contributed by atoms with van der Waals surface area (Å²) in [4.78, 5) is 0. The Morgan fingerprint density at radius 3 is 2.60 bits per heavy atom. The number of ether oxygens (including phenoxy) is 1. The third-order valence-electron chi connectivity index (χ3n) is 2.44. The van der Waals surface area contributed by atoms with Crippen molar-refractivity contribution in [2.24, 2.45) is 5.92 Å². The van der Waals surface area contributed by atoms with E-state index in [-0.39, 0.29) is 0 Å². The molecule has 1 heteroatoms. The van der Waals surface area contributed by atoms with Gasteiger partial charge < -0.3 is 4.74 Å². The van der Waals surface area contributed by atoms with Gasteiger partial charge in [0.25, 0.3) is 0 Å². The van der Waals surface area contributed by atoms with E-state index in [9.17, 15) is 0 Å². The molecule has 0 amide bonds. The fourth-order valence-corrected chi connectivity index (χ4v) is 1.34. The van der Waals surface area contributed by atoms with Crippen LogP contribution < -0.4 is 4.74 Å². The van der Waals surface area contributed by atoms with Crippen molar-refractivity contribution < 1.29 is 4.74 Å². The van der Waals surface area contributed by atoms with Gasteiger partial charge in [0.05, 0.1) is 6.61 Å². The van der Waals surface area contributed by atoms with Crippen LogP contribution in [0.4, 0.5) is 0 Å². The Balaban J connectivity index is 2.65. The van der Waals surface area contributed by atoms with E-state index in [4.69, 9.17) is 4.74 Å². The quantitative estimate of drug-likeness (QED) is 0.704. The summed E-state index contributed by atoms with van der Waals surface area (Å²) in [5.74, 6) is 2.05. The lowest BCUT2D eigenvalue weighted by Gasteiger charge is -2.12. The van der Waals surface area contributed by atoms with Crippen molar-refractivity contribution in [2.45, 2.75) is 33.1 Å². The molecule has 0 aliphatic heterocycles. The highest BCUT2D eigenvalue weighted by atomic mass is 16.5. The summed E-state index contributed by atoms with van der Waals surface area (Å²) in [7, 11) is 0. The van der Waals surface area contributed by atoms with Crippen LogP contribution in [0.1, 0.15) is 38.7 Å². The predicted octanol–water partition coefficient (Wildman–Crippen LogP) is 4.05. The Morgan fingerprint density at radius 2 is 2.00 bits per heavy atom. The standard InChI is InChI=1S/C14H21O/c1-5-12(4)13-7-6-8-14(9-13)15-10-11(2)3/h6-9,11-12H,1,5,10H2,2-4H3. The van der Waals surface area contributed by atoms with Crippen LogP contribution >= 0.6 is 0 Å². The Hall–Kier alpha value is -0.980. The van der Waals surface area contributed by atoms with E-state index in [1.807, 2.05) is 6.07 Å². The van der Waals surface area contributed by atoms with Gasteiger partial charge in [0, 0.05) is 0 Å². The molecule has 0 heterocycles. The van der Waals surface area contributed by atoms with E-state index in [2.05, 4.69) is 45.9 Å². The number of hydrogen-bond acceptors (Lipinski definition) is 1. The maximum absolute atomic E-state index is 5.68. The molecule has 0 saturated heterocycles. The van der Waals surface area contributed by atoms with Crippen LogP contribution in [0, 0.1) is 12.8 Å². The number of hydrogen-bond donors (Lipinski definition) is 0. The molecule has 0 spiro atoms. The monoisotopic (exact) mass is 205 g/mol. The first-order valence-electron chi connectivity index (χ1n) is 5.65. The molecule has 1 unspecified atom stereocenters. The van der Waals surface area contributed by atoms with Gasteiger partial charge in [-0.15, -0.1) is 0 Å². The van der Waals surface area contributed by atoms with Gasteiger partial charge in [-0.3, -0.25) is 0 Å². The molecule has 1 rings (SSSR count). The molecule has 1 nitrogen and oxygen atoms in total. The largest absolute Gasteiger partial charge is 0.493 e. The highest BCUT2D eigenvalue weighted by molar-refractivity contribution is 5.30. The third-order valence-corrected chi connectivity index (χ3v) is 2.44. The zero-order valence-electron chi connectivity index (χ0n) is 9.99. The van der Waals surface area contributed by atoms with Gasteiger partial charge in [-0.1, -0.05) is 39.8 Å². The zero-order chi connectivity index (χ0) is 11.3. The fraction of sp³-hybridized carbons (Fsp3) is 0.500. The van der Waals surface area contributed by atoms with Crippen molar-refractivity contribution >= 4 is 0 Å². The lowest BCUT2D eigenvalue weighted by molar-refractivity contribution is 0.270. The smallest absolute Gasteiger partial charge is 0.119 e. The predicted molar refractivity (Wildman–Crippen MR) is 65.2 cm³/mol. The third kappa shape index (κ3) is 3.94. The lowest BCUT2D eigenvalue weighted by atomic mass is 9.99. The normalized spacial score (nSPS) is 12.9. The van der Waals surface area contributed by atoms with Crippen LogP contribution in [-0.2, 0) is 0 Å². The Morgan fingerprint density at radius 1 is 1.27 bits per heavy atom. The second-order valence-electron chi connectivity index (χ2n) is 4.47. The molecule has 0 fully saturated rings. The molecule has 1 aromatic carbocycles. The van der Waals surface area contributed by atoms with Crippen LogP contribution in [-0.4, -0.2) is 6.61 Å². The van der Waals surface area contributed by atoms with E-state index < -0.39 is 0 Å². The number of benzene rings is 1. The van der Waals surface area contributed by atoms with E-state index in [1.54, 1.807) is 0 Å². The van der Waals surface area contributed by atoms with Gasteiger partial charge in [-0.05, 0) is 36.0 Å². The van der Waals surface area contributed by atoms with Gasteiger partial charge in [0.1, 0.15) is 5.75 Å². The summed E-state index contributed by atoms with van der Waals surface area (Å²) in [5.41, 5.74) is 1.31. The summed E-state index contributed by atoms with van der Waals surface area (Å²) in [5, 5.41) is 0.